The Bertz CT molecular complexity index is 257. The summed E-state index contributed by atoms with van der Waals surface area (Å²) in [7, 11) is 0. The van der Waals surface area contributed by atoms with E-state index in [1.54, 1.807) is 6.92 Å². The SMILES string of the molecule is CC.CC(=O)N1CC2(CC(C(C)C)CCO2)C1. The quantitative estimate of drug-likeness (QED) is 0.706. The van der Waals surface area contributed by atoms with Gasteiger partial charge in [-0.25, -0.2) is 0 Å². The second-order valence-corrected chi connectivity index (χ2v) is 5.40. The van der Waals surface area contributed by atoms with Crippen molar-refractivity contribution in [2.45, 2.75) is 53.1 Å². The van der Waals surface area contributed by atoms with Crippen LogP contribution in [0.2, 0.25) is 0 Å². The standard InChI is InChI=1S/C12H21NO2.C2H6/c1-9(2)11-4-5-15-12(6-11)7-13(8-12)10(3)14;1-2/h9,11H,4-8H2,1-3H3;1-2H3. The highest BCUT2D eigenvalue weighted by atomic mass is 16.5. The smallest absolute Gasteiger partial charge is 0.219 e. The molecule has 2 aliphatic heterocycles. The van der Waals surface area contributed by atoms with E-state index >= 15 is 0 Å². The van der Waals surface area contributed by atoms with E-state index in [2.05, 4.69) is 13.8 Å². The zero-order chi connectivity index (χ0) is 13.1. The van der Waals surface area contributed by atoms with Gasteiger partial charge in [0.25, 0.3) is 0 Å². The number of carbonyl (C=O) groups is 1. The molecule has 0 bridgehead atoms. The van der Waals surface area contributed by atoms with E-state index in [1.165, 1.54) is 6.42 Å². The van der Waals surface area contributed by atoms with E-state index in [-0.39, 0.29) is 11.5 Å². The largest absolute Gasteiger partial charge is 0.371 e. The molecule has 1 unspecified atom stereocenters. The monoisotopic (exact) mass is 241 g/mol. The maximum Gasteiger partial charge on any atom is 0.219 e. The summed E-state index contributed by atoms with van der Waals surface area (Å²) in [6.07, 6.45) is 2.31. The Labute approximate surface area is 106 Å². The van der Waals surface area contributed by atoms with Crippen molar-refractivity contribution in [3.8, 4) is 0 Å². The Morgan fingerprint density at radius 2 is 1.94 bits per heavy atom. The van der Waals surface area contributed by atoms with Crippen LogP contribution < -0.4 is 0 Å². The molecule has 0 saturated carbocycles. The zero-order valence-corrected chi connectivity index (χ0v) is 12.0. The van der Waals surface area contributed by atoms with Gasteiger partial charge in [0.05, 0.1) is 13.1 Å². The van der Waals surface area contributed by atoms with Crippen molar-refractivity contribution in [1.82, 2.24) is 4.90 Å². The van der Waals surface area contributed by atoms with Gasteiger partial charge in [-0.2, -0.15) is 0 Å². The third-order valence-electron chi connectivity index (χ3n) is 3.88. The molecule has 0 N–H and O–H groups in total. The second kappa shape index (κ2) is 5.85. The summed E-state index contributed by atoms with van der Waals surface area (Å²) >= 11 is 0. The van der Waals surface area contributed by atoms with Gasteiger partial charge in [-0.3, -0.25) is 4.79 Å². The molecule has 0 aromatic heterocycles. The van der Waals surface area contributed by atoms with Gasteiger partial charge in [0.15, 0.2) is 0 Å². The number of amides is 1. The minimum absolute atomic E-state index is 0.0128. The number of hydrogen-bond acceptors (Lipinski definition) is 2. The lowest BCUT2D eigenvalue weighted by Gasteiger charge is -2.53. The van der Waals surface area contributed by atoms with Crippen LogP contribution in [0.15, 0.2) is 0 Å². The fraction of sp³-hybridized carbons (Fsp3) is 0.929. The van der Waals surface area contributed by atoms with Gasteiger partial charge in [0, 0.05) is 13.5 Å². The summed E-state index contributed by atoms with van der Waals surface area (Å²) in [4.78, 5) is 13.0. The average molecular weight is 241 g/mol. The summed E-state index contributed by atoms with van der Waals surface area (Å²) in [5.41, 5.74) is 0.0128. The number of carbonyl (C=O) groups excluding carboxylic acids is 1. The molecule has 0 aromatic rings. The Balaban J connectivity index is 0.000000686. The van der Waals surface area contributed by atoms with E-state index < -0.39 is 0 Å². The van der Waals surface area contributed by atoms with E-state index in [9.17, 15) is 4.79 Å². The van der Waals surface area contributed by atoms with Crippen molar-refractivity contribution >= 4 is 5.91 Å². The van der Waals surface area contributed by atoms with Crippen molar-refractivity contribution in [1.29, 1.82) is 0 Å². The first-order valence-corrected chi connectivity index (χ1v) is 6.92. The lowest BCUT2D eigenvalue weighted by Crippen LogP contribution is -2.66. The second-order valence-electron chi connectivity index (χ2n) is 5.40. The summed E-state index contributed by atoms with van der Waals surface area (Å²) in [6.45, 7) is 12.7. The number of likely N-dealkylation sites (tertiary alicyclic amines) is 1. The van der Waals surface area contributed by atoms with Crippen LogP contribution in [-0.2, 0) is 9.53 Å². The number of hydrogen-bond donors (Lipinski definition) is 0. The normalized spacial score (nSPS) is 26.2. The Morgan fingerprint density at radius 3 is 2.41 bits per heavy atom. The van der Waals surface area contributed by atoms with Crippen LogP contribution in [0.1, 0.15) is 47.5 Å². The van der Waals surface area contributed by atoms with Gasteiger partial charge in [-0.05, 0) is 24.7 Å². The topological polar surface area (TPSA) is 29.5 Å². The van der Waals surface area contributed by atoms with Gasteiger partial charge in [-0.1, -0.05) is 27.7 Å². The highest BCUT2D eigenvalue weighted by Gasteiger charge is 2.48. The molecular weight excluding hydrogens is 214 g/mol. The van der Waals surface area contributed by atoms with Crippen LogP contribution in [0, 0.1) is 11.8 Å². The molecule has 100 valence electrons. The van der Waals surface area contributed by atoms with E-state index in [0.29, 0.717) is 0 Å². The first-order chi connectivity index (χ1) is 8.02. The highest BCUT2D eigenvalue weighted by Crippen LogP contribution is 2.39. The van der Waals surface area contributed by atoms with E-state index in [4.69, 9.17) is 4.74 Å². The Hall–Kier alpha value is -0.570. The third-order valence-corrected chi connectivity index (χ3v) is 3.88. The van der Waals surface area contributed by atoms with Gasteiger partial charge in [-0.15, -0.1) is 0 Å². The predicted molar refractivity (Wildman–Crippen MR) is 69.8 cm³/mol. The number of rotatable bonds is 1. The first-order valence-electron chi connectivity index (χ1n) is 6.92. The molecule has 2 fully saturated rings. The lowest BCUT2D eigenvalue weighted by atomic mass is 9.76. The Kier molecular flexibility index (Phi) is 4.99. The molecule has 2 saturated heterocycles. The fourth-order valence-corrected chi connectivity index (χ4v) is 2.73. The molecule has 0 aromatic carbocycles. The van der Waals surface area contributed by atoms with Crippen LogP contribution in [-0.4, -0.2) is 36.1 Å². The molecule has 3 nitrogen and oxygen atoms in total. The van der Waals surface area contributed by atoms with Crippen LogP contribution in [0.3, 0.4) is 0 Å². The molecule has 1 spiro atoms. The summed E-state index contributed by atoms with van der Waals surface area (Å²) in [6, 6.07) is 0. The van der Waals surface area contributed by atoms with Crippen LogP contribution in [0.5, 0.6) is 0 Å². The fourth-order valence-electron chi connectivity index (χ4n) is 2.73. The van der Waals surface area contributed by atoms with Gasteiger partial charge in [0.1, 0.15) is 5.60 Å². The minimum atomic E-state index is 0.0128. The van der Waals surface area contributed by atoms with Crippen LogP contribution >= 0.6 is 0 Å². The molecule has 2 rings (SSSR count). The molecule has 3 heteroatoms. The third kappa shape index (κ3) is 3.21. The van der Waals surface area contributed by atoms with E-state index in [0.717, 1.165) is 38.0 Å². The molecule has 0 aliphatic carbocycles. The maximum atomic E-state index is 11.1. The van der Waals surface area contributed by atoms with Crippen molar-refractivity contribution < 1.29 is 9.53 Å². The predicted octanol–water partition coefficient (Wildman–Crippen LogP) is 2.70. The summed E-state index contributed by atoms with van der Waals surface area (Å²) in [5, 5.41) is 0. The molecule has 17 heavy (non-hydrogen) atoms. The summed E-state index contributed by atoms with van der Waals surface area (Å²) in [5.74, 6) is 1.68. The van der Waals surface area contributed by atoms with Gasteiger partial charge < -0.3 is 9.64 Å². The zero-order valence-electron chi connectivity index (χ0n) is 12.0. The number of nitrogens with zero attached hydrogens (tertiary/aromatic N) is 1. The van der Waals surface area contributed by atoms with Crippen LogP contribution in [0.4, 0.5) is 0 Å². The van der Waals surface area contributed by atoms with Crippen molar-refractivity contribution in [2.24, 2.45) is 11.8 Å². The van der Waals surface area contributed by atoms with Crippen molar-refractivity contribution in [3.63, 3.8) is 0 Å². The number of ether oxygens (including phenoxy) is 1. The molecule has 1 amide bonds. The van der Waals surface area contributed by atoms with E-state index in [1.807, 2.05) is 18.7 Å². The average Bonchev–Trinajstić information content (AvgIpc) is 2.28. The molecule has 0 radical (unpaired) electrons. The molecule has 2 heterocycles. The highest BCUT2D eigenvalue weighted by molar-refractivity contribution is 5.74. The lowest BCUT2D eigenvalue weighted by molar-refractivity contribution is -0.189. The van der Waals surface area contributed by atoms with Gasteiger partial charge >= 0.3 is 0 Å². The molecule has 1 atom stereocenters. The molecular formula is C14H27NO2. The Morgan fingerprint density at radius 1 is 1.35 bits per heavy atom. The maximum absolute atomic E-state index is 11.1. The van der Waals surface area contributed by atoms with Gasteiger partial charge in [0.2, 0.25) is 5.91 Å². The first kappa shape index (κ1) is 14.5. The minimum Gasteiger partial charge on any atom is -0.371 e. The van der Waals surface area contributed by atoms with Crippen molar-refractivity contribution in [3.05, 3.63) is 0 Å². The summed E-state index contributed by atoms with van der Waals surface area (Å²) < 4.78 is 5.87. The molecule has 2 aliphatic rings. The van der Waals surface area contributed by atoms with Crippen molar-refractivity contribution in [2.75, 3.05) is 19.7 Å². The van der Waals surface area contributed by atoms with Crippen LogP contribution in [0.25, 0.3) is 0 Å².